The van der Waals surface area contributed by atoms with Gasteiger partial charge in [-0.2, -0.15) is 5.10 Å². The monoisotopic (exact) mass is 402 g/mol. The van der Waals surface area contributed by atoms with Crippen LogP contribution in [-0.4, -0.2) is 60.0 Å². The van der Waals surface area contributed by atoms with E-state index in [2.05, 4.69) is 15.3 Å². The van der Waals surface area contributed by atoms with Gasteiger partial charge in [-0.05, 0) is 31.2 Å². The highest BCUT2D eigenvalue weighted by Gasteiger charge is 2.19. The molecule has 0 spiro atoms. The van der Waals surface area contributed by atoms with Crippen LogP contribution in [0.3, 0.4) is 0 Å². The number of aromatic nitrogens is 2. The van der Waals surface area contributed by atoms with Gasteiger partial charge in [0, 0.05) is 37.6 Å². The first kappa shape index (κ1) is 19.0. The van der Waals surface area contributed by atoms with E-state index < -0.39 is 0 Å². The van der Waals surface area contributed by atoms with E-state index in [1.165, 1.54) is 17.4 Å². The lowest BCUT2D eigenvalue weighted by Crippen LogP contribution is -2.38. The number of aryl methyl sites for hydroxylation is 1. The van der Waals surface area contributed by atoms with Crippen LogP contribution in [-0.2, 0) is 11.8 Å². The van der Waals surface area contributed by atoms with E-state index in [1.54, 1.807) is 22.9 Å². The summed E-state index contributed by atoms with van der Waals surface area (Å²) in [4.78, 5) is 16.4. The second-order valence-corrected chi connectivity index (χ2v) is 7.88. The number of nitrogens with zero attached hydrogens (tertiary/aromatic N) is 3. The first-order chi connectivity index (χ1) is 13.6. The number of morpholine rings is 1. The van der Waals surface area contributed by atoms with Gasteiger partial charge in [0.25, 0.3) is 5.91 Å². The molecule has 0 aliphatic carbocycles. The van der Waals surface area contributed by atoms with Crippen LogP contribution < -0.4 is 5.32 Å². The largest absolute Gasteiger partial charge is 0.379 e. The third-order valence-corrected chi connectivity index (χ3v) is 6.11. The van der Waals surface area contributed by atoms with Gasteiger partial charge in [0.2, 0.25) is 0 Å². The van der Waals surface area contributed by atoms with Crippen molar-refractivity contribution in [2.75, 3.05) is 39.4 Å². The lowest BCUT2D eigenvalue weighted by molar-refractivity contribution is 0.0374. The van der Waals surface area contributed by atoms with Crippen molar-refractivity contribution in [3.8, 4) is 11.3 Å². The number of carbonyl (C=O) groups is 1. The molecule has 3 heterocycles. The Labute approximate surface area is 166 Å². The SMILES string of the molecule is Cn1nc(-c2ccccc2F)c2cc(C(=O)NCCCN3CCOCC3)sc21. The second kappa shape index (κ2) is 8.38. The molecule has 0 radical (unpaired) electrons. The highest BCUT2D eigenvalue weighted by molar-refractivity contribution is 7.20. The predicted molar refractivity (Wildman–Crippen MR) is 108 cm³/mol. The molecule has 1 fully saturated rings. The third kappa shape index (κ3) is 3.94. The molecule has 1 aliphatic heterocycles. The van der Waals surface area contributed by atoms with Gasteiger partial charge >= 0.3 is 0 Å². The summed E-state index contributed by atoms with van der Waals surface area (Å²) in [6, 6.07) is 8.38. The van der Waals surface area contributed by atoms with Gasteiger partial charge in [0.15, 0.2) is 0 Å². The highest BCUT2D eigenvalue weighted by Crippen LogP contribution is 2.34. The van der Waals surface area contributed by atoms with E-state index in [0.717, 1.165) is 49.5 Å². The van der Waals surface area contributed by atoms with E-state index in [-0.39, 0.29) is 11.7 Å². The van der Waals surface area contributed by atoms with Gasteiger partial charge in [-0.25, -0.2) is 4.39 Å². The minimum absolute atomic E-state index is 0.0948. The first-order valence-corrected chi connectivity index (χ1v) is 10.2. The standard InChI is InChI=1S/C20H23FN4O2S/c1-24-20-15(18(23-24)14-5-2-3-6-16(14)21)13-17(28-20)19(26)22-7-4-8-25-9-11-27-12-10-25/h2-3,5-6,13H,4,7-12H2,1H3,(H,22,26). The molecule has 0 bridgehead atoms. The number of hydrogen-bond donors (Lipinski definition) is 1. The Kier molecular flexibility index (Phi) is 5.70. The first-order valence-electron chi connectivity index (χ1n) is 9.43. The fraction of sp³-hybridized carbons (Fsp3) is 0.400. The minimum atomic E-state index is -0.317. The molecular formula is C20H23FN4O2S. The van der Waals surface area contributed by atoms with E-state index in [9.17, 15) is 9.18 Å². The zero-order chi connectivity index (χ0) is 19.5. The van der Waals surface area contributed by atoms with Gasteiger partial charge < -0.3 is 10.1 Å². The van der Waals surface area contributed by atoms with Gasteiger partial charge in [0.05, 0.1) is 18.1 Å². The van der Waals surface area contributed by atoms with Crippen molar-refractivity contribution < 1.29 is 13.9 Å². The molecule has 1 N–H and O–H groups in total. The van der Waals surface area contributed by atoms with Crippen molar-refractivity contribution >= 4 is 27.5 Å². The Morgan fingerprint density at radius 2 is 2.11 bits per heavy atom. The Bertz CT molecular complexity index is 978. The number of benzene rings is 1. The fourth-order valence-corrected chi connectivity index (χ4v) is 4.41. The van der Waals surface area contributed by atoms with Gasteiger partial charge in [-0.3, -0.25) is 14.4 Å². The number of ether oxygens (including phenoxy) is 1. The molecule has 4 rings (SSSR count). The maximum absolute atomic E-state index is 14.2. The number of amides is 1. The summed E-state index contributed by atoms with van der Waals surface area (Å²) in [6.07, 6.45) is 0.901. The molecule has 2 aromatic heterocycles. The Morgan fingerprint density at radius 1 is 1.32 bits per heavy atom. The maximum Gasteiger partial charge on any atom is 0.261 e. The number of fused-ring (bicyclic) bond motifs is 1. The number of carbonyl (C=O) groups excluding carboxylic acids is 1. The number of nitrogens with one attached hydrogen (secondary N) is 1. The molecule has 0 saturated carbocycles. The quantitative estimate of drug-likeness (QED) is 0.644. The van der Waals surface area contributed by atoms with E-state index >= 15 is 0 Å². The summed E-state index contributed by atoms with van der Waals surface area (Å²) in [6.45, 7) is 5.06. The number of thiophene rings is 1. The topological polar surface area (TPSA) is 59.4 Å². The number of rotatable bonds is 6. The van der Waals surface area contributed by atoms with Crippen LogP contribution in [0.2, 0.25) is 0 Å². The van der Waals surface area contributed by atoms with Crippen LogP contribution in [0.5, 0.6) is 0 Å². The lowest BCUT2D eigenvalue weighted by Gasteiger charge is -2.26. The van der Waals surface area contributed by atoms with Crippen molar-refractivity contribution in [2.45, 2.75) is 6.42 Å². The summed E-state index contributed by atoms with van der Waals surface area (Å²) in [5, 5.41) is 8.24. The summed E-state index contributed by atoms with van der Waals surface area (Å²) in [5.74, 6) is -0.412. The van der Waals surface area contributed by atoms with Gasteiger partial charge in [-0.15, -0.1) is 11.3 Å². The lowest BCUT2D eigenvalue weighted by atomic mass is 10.1. The van der Waals surface area contributed by atoms with Crippen LogP contribution in [0.25, 0.3) is 21.5 Å². The average molecular weight is 402 g/mol. The van der Waals surface area contributed by atoms with Crippen molar-refractivity contribution in [2.24, 2.45) is 7.05 Å². The molecule has 3 aromatic rings. The minimum Gasteiger partial charge on any atom is -0.379 e. The van der Waals surface area contributed by atoms with Crippen molar-refractivity contribution in [1.82, 2.24) is 20.0 Å². The average Bonchev–Trinajstić information content (AvgIpc) is 3.27. The molecule has 0 unspecified atom stereocenters. The van der Waals surface area contributed by atoms with Crippen molar-refractivity contribution in [3.05, 3.63) is 41.0 Å². The van der Waals surface area contributed by atoms with Crippen LogP contribution in [0.1, 0.15) is 16.1 Å². The van der Waals surface area contributed by atoms with Gasteiger partial charge in [0.1, 0.15) is 16.3 Å². The van der Waals surface area contributed by atoms with Gasteiger partial charge in [-0.1, -0.05) is 12.1 Å². The van der Waals surface area contributed by atoms with E-state index in [4.69, 9.17) is 4.74 Å². The van der Waals surface area contributed by atoms with Crippen molar-refractivity contribution in [1.29, 1.82) is 0 Å². The second-order valence-electron chi connectivity index (χ2n) is 6.85. The van der Waals surface area contributed by atoms with Crippen LogP contribution >= 0.6 is 11.3 Å². The zero-order valence-corrected chi connectivity index (χ0v) is 16.6. The molecule has 1 saturated heterocycles. The maximum atomic E-state index is 14.2. The smallest absolute Gasteiger partial charge is 0.261 e. The summed E-state index contributed by atoms with van der Waals surface area (Å²) in [7, 11) is 1.81. The molecule has 8 heteroatoms. The van der Waals surface area contributed by atoms with Crippen molar-refractivity contribution in [3.63, 3.8) is 0 Å². The molecule has 1 aromatic carbocycles. The molecule has 28 heavy (non-hydrogen) atoms. The number of hydrogen-bond acceptors (Lipinski definition) is 5. The predicted octanol–water partition coefficient (Wildman–Crippen LogP) is 2.89. The highest BCUT2D eigenvalue weighted by atomic mass is 32.1. The zero-order valence-electron chi connectivity index (χ0n) is 15.8. The molecule has 148 valence electrons. The molecular weight excluding hydrogens is 379 g/mol. The molecule has 1 aliphatic rings. The van der Waals surface area contributed by atoms with Crippen LogP contribution in [0.15, 0.2) is 30.3 Å². The normalized spacial score (nSPS) is 15.2. The Morgan fingerprint density at radius 3 is 2.89 bits per heavy atom. The Balaban J connectivity index is 1.43. The van der Waals surface area contributed by atoms with Crippen LogP contribution in [0, 0.1) is 5.82 Å². The Hall–Kier alpha value is -2.29. The van der Waals surface area contributed by atoms with E-state index in [1.807, 2.05) is 13.1 Å². The van der Waals surface area contributed by atoms with E-state index in [0.29, 0.717) is 22.7 Å². The number of halogens is 1. The molecule has 0 atom stereocenters. The third-order valence-electron chi connectivity index (χ3n) is 4.90. The summed E-state index contributed by atoms with van der Waals surface area (Å²) >= 11 is 1.38. The summed E-state index contributed by atoms with van der Waals surface area (Å²) in [5.41, 5.74) is 1.02. The fourth-order valence-electron chi connectivity index (χ4n) is 3.42. The molecule has 6 nitrogen and oxygen atoms in total. The van der Waals surface area contributed by atoms with Crippen LogP contribution in [0.4, 0.5) is 4.39 Å². The molecule has 1 amide bonds. The summed E-state index contributed by atoms with van der Waals surface area (Å²) < 4.78 is 21.2.